The van der Waals surface area contributed by atoms with E-state index < -0.39 is 0 Å². The number of hydrogen-bond donors (Lipinski definition) is 4. The molecule has 6 heteroatoms. The summed E-state index contributed by atoms with van der Waals surface area (Å²) in [6.07, 6.45) is 0. The molecule has 18 heavy (non-hydrogen) atoms. The molecular formula is C12H18N4O2. The van der Waals surface area contributed by atoms with Gasteiger partial charge in [-0.2, -0.15) is 0 Å². The Morgan fingerprint density at radius 2 is 1.89 bits per heavy atom. The molecule has 0 aromatic heterocycles. The minimum absolute atomic E-state index is 0.112. The molecule has 0 aliphatic heterocycles. The Bertz CT molecular complexity index is 446. The first-order valence-electron chi connectivity index (χ1n) is 5.64. The molecular weight excluding hydrogens is 232 g/mol. The summed E-state index contributed by atoms with van der Waals surface area (Å²) in [6.45, 7) is 4.09. The number of hydrazine groups is 1. The lowest BCUT2D eigenvalue weighted by Gasteiger charge is -2.09. The lowest BCUT2D eigenvalue weighted by Crippen LogP contribution is -2.33. The molecule has 0 atom stereocenters. The van der Waals surface area contributed by atoms with Gasteiger partial charge >= 0.3 is 0 Å². The number of amides is 2. The van der Waals surface area contributed by atoms with Crippen LogP contribution < -0.4 is 21.9 Å². The van der Waals surface area contributed by atoms with E-state index in [1.807, 2.05) is 6.92 Å². The second-order valence-electron chi connectivity index (χ2n) is 3.91. The van der Waals surface area contributed by atoms with Crippen molar-refractivity contribution >= 4 is 17.5 Å². The number of nitrogens with one attached hydrogen (secondary N) is 3. The number of hydrogen-bond acceptors (Lipinski definition) is 4. The highest BCUT2D eigenvalue weighted by Crippen LogP contribution is 2.13. The zero-order valence-electron chi connectivity index (χ0n) is 10.5. The van der Waals surface area contributed by atoms with E-state index in [-0.39, 0.29) is 11.8 Å². The minimum Gasteiger partial charge on any atom is -0.355 e. The first kappa shape index (κ1) is 14.0. The SMILES string of the molecule is CC(=O)NCCNC(=O)c1ccc(NN)cc1C. The maximum Gasteiger partial charge on any atom is 0.251 e. The molecule has 1 rings (SSSR count). The number of nitrogens with two attached hydrogens (primary N) is 1. The van der Waals surface area contributed by atoms with Crippen molar-refractivity contribution < 1.29 is 9.59 Å². The number of anilines is 1. The molecule has 0 fully saturated rings. The summed E-state index contributed by atoms with van der Waals surface area (Å²) in [6, 6.07) is 5.23. The Morgan fingerprint density at radius 3 is 2.44 bits per heavy atom. The molecule has 0 radical (unpaired) electrons. The topological polar surface area (TPSA) is 96.2 Å². The number of aryl methyl sites for hydroxylation is 1. The van der Waals surface area contributed by atoms with Crippen LogP contribution in [0.5, 0.6) is 0 Å². The van der Waals surface area contributed by atoms with Crippen LogP contribution in [0.1, 0.15) is 22.8 Å². The lowest BCUT2D eigenvalue weighted by atomic mass is 10.1. The third kappa shape index (κ3) is 4.06. The number of rotatable bonds is 5. The fraction of sp³-hybridized carbons (Fsp3) is 0.333. The minimum atomic E-state index is -0.165. The van der Waals surface area contributed by atoms with Gasteiger partial charge < -0.3 is 16.1 Å². The van der Waals surface area contributed by atoms with Crippen molar-refractivity contribution in [1.29, 1.82) is 0 Å². The van der Waals surface area contributed by atoms with Crippen LogP contribution in [0.3, 0.4) is 0 Å². The average Bonchev–Trinajstić information content (AvgIpc) is 2.33. The lowest BCUT2D eigenvalue weighted by molar-refractivity contribution is -0.118. The van der Waals surface area contributed by atoms with Crippen LogP contribution in [0.4, 0.5) is 5.69 Å². The summed E-state index contributed by atoms with van der Waals surface area (Å²) in [4.78, 5) is 22.5. The van der Waals surface area contributed by atoms with Gasteiger partial charge in [-0.05, 0) is 30.7 Å². The van der Waals surface area contributed by atoms with Crippen LogP contribution >= 0.6 is 0 Å². The fourth-order valence-corrected chi connectivity index (χ4v) is 1.52. The van der Waals surface area contributed by atoms with E-state index >= 15 is 0 Å². The van der Waals surface area contributed by atoms with Crippen LogP contribution in [-0.4, -0.2) is 24.9 Å². The fourth-order valence-electron chi connectivity index (χ4n) is 1.52. The largest absolute Gasteiger partial charge is 0.355 e. The molecule has 0 aliphatic carbocycles. The molecule has 6 nitrogen and oxygen atoms in total. The van der Waals surface area contributed by atoms with Crippen LogP contribution in [0.25, 0.3) is 0 Å². The van der Waals surface area contributed by atoms with E-state index in [1.54, 1.807) is 18.2 Å². The number of carbonyl (C=O) groups excluding carboxylic acids is 2. The molecule has 1 aromatic rings. The molecule has 0 saturated carbocycles. The van der Waals surface area contributed by atoms with Crippen molar-refractivity contribution in [3.05, 3.63) is 29.3 Å². The van der Waals surface area contributed by atoms with Gasteiger partial charge in [-0.15, -0.1) is 0 Å². The zero-order valence-corrected chi connectivity index (χ0v) is 10.5. The van der Waals surface area contributed by atoms with E-state index in [1.165, 1.54) is 6.92 Å². The van der Waals surface area contributed by atoms with E-state index in [2.05, 4.69) is 16.1 Å². The van der Waals surface area contributed by atoms with Gasteiger partial charge in [0.2, 0.25) is 5.91 Å². The molecule has 0 aliphatic rings. The summed E-state index contributed by atoms with van der Waals surface area (Å²) in [5, 5.41) is 5.33. The Kier molecular flexibility index (Phi) is 5.13. The Morgan fingerprint density at radius 1 is 1.22 bits per heavy atom. The maximum absolute atomic E-state index is 11.8. The van der Waals surface area contributed by atoms with Crippen LogP contribution in [0, 0.1) is 6.92 Å². The predicted octanol–water partition coefficient (Wildman–Crippen LogP) is 0.147. The Hall–Kier alpha value is -2.08. The number of carbonyl (C=O) groups is 2. The van der Waals surface area contributed by atoms with Gasteiger partial charge in [-0.25, -0.2) is 0 Å². The molecule has 1 aromatic carbocycles. The van der Waals surface area contributed by atoms with Crippen molar-refractivity contribution in [1.82, 2.24) is 10.6 Å². The quantitative estimate of drug-likeness (QED) is 0.340. The summed E-state index contributed by atoms with van der Waals surface area (Å²) >= 11 is 0. The summed E-state index contributed by atoms with van der Waals surface area (Å²) in [7, 11) is 0. The third-order valence-electron chi connectivity index (χ3n) is 2.42. The van der Waals surface area contributed by atoms with Crippen LogP contribution in [0.2, 0.25) is 0 Å². The second kappa shape index (κ2) is 6.61. The number of benzene rings is 1. The van der Waals surface area contributed by atoms with E-state index in [0.717, 1.165) is 11.3 Å². The molecule has 98 valence electrons. The van der Waals surface area contributed by atoms with Crippen molar-refractivity contribution in [2.75, 3.05) is 18.5 Å². The third-order valence-corrected chi connectivity index (χ3v) is 2.42. The van der Waals surface area contributed by atoms with Crippen molar-refractivity contribution in [2.24, 2.45) is 5.84 Å². The highest BCUT2D eigenvalue weighted by Gasteiger charge is 2.08. The first-order chi connectivity index (χ1) is 8.54. The molecule has 0 spiro atoms. The van der Waals surface area contributed by atoms with Crippen molar-refractivity contribution in [2.45, 2.75) is 13.8 Å². The van der Waals surface area contributed by atoms with Crippen LogP contribution in [-0.2, 0) is 4.79 Å². The van der Waals surface area contributed by atoms with Gasteiger partial charge in [-0.1, -0.05) is 0 Å². The molecule has 5 N–H and O–H groups in total. The second-order valence-corrected chi connectivity index (χ2v) is 3.91. The normalized spacial score (nSPS) is 9.72. The van der Waals surface area contributed by atoms with Gasteiger partial charge in [0.05, 0.1) is 0 Å². The van der Waals surface area contributed by atoms with Crippen molar-refractivity contribution in [3.63, 3.8) is 0 Å². The van der Waals surface area contributed by atoms with Gasteiger partial charge in [0, 0.05) is 31.3 Å². The molecule has 2 amide bonds. The number of nitrogen functional groups attached to an aromatic ring is 1. The first-order valence-corrected chi connectivity index (χ1v) is 5.64. The van der Waals surface area contributed by atoms with Gasteiger partial charge in [-0.3, -0.25) is 15.4 Å². The summed E-state index contributed by atoms with van der Waals surface area (Å²) in [5.74, 6) is 5.00. The Labute approximate surface area is 106 Å². The molecule has 0 unspecified atom stereocenters. The van der Waals surface area contributed by atoms with E-state index in [9.17, 15) is 9.59 Å². The molecule has 0 heterocycles. The predicted molar refractivity (Wildman–Crippen MR) is 70.0 cm³/mol. The Balaban J connectivity index is 2.54. The van der Waals surface area contributed by atoms with Gasteiger partial charge in [0.25, 0.3) is 5.91 Å². The standard InChI is InChI=1S/C12H18N4O2/c1-8-7-10(16-13)3-4-11(8)12(18)15-6-5-14-9(2)17/h3-4,7,16H,5-6,13H2,1-2H3,(H,14,17)(H,15,18). The zero-order chi connectivity index (χ0) is 13.5. The highest BCUT2D eigenvalue weighted by molar-refractivity contribution is 5.96. The van der Waals surface area contributed by atoms with E-state index in [4.69, 9.17) is 5.84 Å². The van der Waals surface area contributed by atoms with E-state index in [0.29, 0.717) is 18.7 Å². The monoisotopic (exact) mass is 250 g/mol. The van der Waals surface area contributed by atoms with Crippen LogP contribution in [0.15, 0.2) is 18.2 Å². The van der Waals surface area contributed by atoms with Gasteiger partial charge in [0.1, 0.15) is 0 Å². The molecule has 0 bridgehead atoms. The maximum atomic E-state index is 11.8. The highest BCUT2D eigenvalue weighted by atomic mass is 16.2. The summed E-state index contributed by atoms with van der Waals surface area (Å²) in [5.41, 5.74) is 4.70. The van der Waals surface area contributed by atoms with Crippen molar-refractivity contribution in [3.8, 4) is 0 Å². The average molecular weight is 250 g/mol. The van der Waals surface area contributed by atoms with Gasteiger partial charge in [0.15, 0.2) is 0 Å². The summed E-state index contributed by atoms with van der Waals surface area (Å²) < 4.78 is 0. The smallest absolute Gasteiger partial charge is 0.251 e. The molecule has 0 saturated heterocycles.